The van der Waals surface area contributed by atoms with E-state index in [9.17, 15) is 4.79 Å². The van der Waals surface area contributed by atoms with Crippen LogP contribution in [0.5, 0.6) is 5.75 Å². The smallest absolute Gasteiger partial charge is 0.238 e. The quantitative estimate of drug-likeness (QED) is 0.649. The summed E-state index contributed by atoms with van der Waals surface area (Å²) in [5, 5.41) is 6.52. The molecule has 0 aliphatic carbocycles. The fourth-order valence-corrected chi connectivity index (χ4v) is 2.12. The molecule has 0 saturated heterocycles. The Morgan fingerprint density at radius 3 is 2.64 bits per heavy atom. The molecule has 0 atom stereocenters. The third kappa shape index (κ3) is 8.23. The van der Waals surface area contributed by atoms with Gasteiger partial charge in [-0.2, -0.15) is 0 Å². The number of anilines is 1. The van der Waals surface area contributed by atoms with Gasteiger partial charge in [-0.15, -0.1) is 12.4 Å². The third-order valence-electron chi connectivity index (χ3n) is 3.21. The van der Waals surface area contributed by atoms with Crippen molar-refractivity contribution in [2.75, 3.05) is 32.1 Å². The molecule has 0 radical (unpaired) electrons. The van der Waals surface area contributed by atoms with Gasteiger partial charge < -0.3 is 20.1 Å². The topological polar surface area (TPSA) is 59.6 Å². The molecule has 7 heteroatoms. The summed E-state index contributed by atoms with van der Waals surface area (Å²) < 4.78 is 10.7. The van der Waals surface area contributed by atoms with Crippen LogP contribution in [0.4, 0.5) is 5.69 Å². The van der Waals surface area contributed by atoms with Gasteiger partial charge >= 0.3 is 0 Å². The van der Waals surface area contributed by atoms with Crippen molar-refractivity contribution in [1.29, 1.82) is 0 Å². The second-order valence-corrected chi connectivity index (χ2v) is 5.60. The Balaban J connectivity index is 0.00000312. The lowest BCUT2D eigenvalue weighted by Crippen LogP contribution is -2.30. The SMILES string of the molecule is COCCNCC(=O)Nc1cccc(OCc2ccc(Cl)cc2)c1.Cl. The zero-order valence-electron chi connectivity index (χ0n) is 14.0. The van der Waals surface area contributed by atoms with E-state index in [4.69, 9.17) is 21.1 Å². The fraction of sp³-hybridized carbons (Fsp3) is 0.278. The predicted octanol–water partition coefficient (Wildman–Crippen LogP) is 3.52. The van der Waals surface area contributed by atoms with Gasteiger partial charge in [-0.3, -0.25) is 4.79 Å². The summed E-state index contributed by atoms with van der Waals surface area (Å²) in [5.41, 5.74) is 1.72. The van der Waals surface area contributed by atoms with Crippen molar-refractivity contribution >= 4 is 35.6 Å². The minimum absolute atomic E-state index is 0. The summed E-state index contributed by atoms with van der Waals surface area (Å²) in [5.74, 6) is 0.580. The first kappa shape index (κ1) is 21.3. The molecule has 0 spiro atoms. The van der Waals surface area contributed by atoms with Crippen molar-refractivity contribution in [2.24, 2.45) is 0 Å². The number of ether oxygens (including phenoxy) is 2. The van der Waals surface area contributed by atoms with Gasteiger partial charge in [0.05, 0.1) is 13.2 Å². The number of amides is 1. The van der Waals surface area contributed by atoms with Crippen molar-refractivity contribution in [3.05, 3.63) is 59.1 Å². The number of carbonyl (C=O) groups is 1. The average Bonchev–Trinajstić information content (AvgIpc) is 2.59. The maximum absolute atomic E-state index is 11.8. The van der Waals surface area contributed by atoms with Crippen molar-refractivity contribution in [3.8, 4) is 5.75 Å². The predicted molar refractivity (Wildman–Crippen MR) is 103 cm³/mol. The molecule has 0 saturated carbocycles. The van der Waals surface area contributed by atoms with Gasteiger partial charge in [-0.25, -0.2) is 0 Å². The zero-order chi connectivity index (χ0) is 17.2. The highest BCUT2D eigenvalue weighted by Crippen LogP contribution is 2.19. The molecule has 0 unspecified atom stereocenters. The van der Waals surface area contributed by atoms with Gasteiger partial charge in [0, 0.05) is 30.4 Å². The molecular formula is C18H22Cl2N2O3. The Kier molecular flexibility index (Phi) is 9.96. The first-order valence-electron chi connectivity index (χ1n) is 7.64. The number of hydrogen-bond acceptors (Lipinski definition) is 4. The summed E-state index contributed by atoms with van der Waals surface area (Å²) in [6.07, 6.45) is 0. The lowest BCUT2D eigenvalue weighted by Gasteiger charge is -2.10. The molecular weight excluding hydrogens is 363 g/mol. The van der Waals surface area contributed by atoms with E-state index in [1.807, 2.05) is 42.5 Å². The molecule has 2 rings (SSSR count). The highest BCUT2D eigenvalue weighted by atomic mass is 35.5. The van der Waals surface area contributed by atoms with Crippen LogP contribution in [0, 0.1) is 0 Å². The van der Waals surface area contributed by atoms with Crippen LogP contribution in [-0.4, -0.2) is 32.7 Å². The monoisotopic (exact) mass is 384 g/mol. The standard InChI is InChI=1S/C18H21ClN2O3.ClH/c1-23-10-9-20-12-18(22)21-16-3-2-4-17(11-16)24-13-14-5-7-15(19)8-6-14;/h2-8,11,20H,9-10,12-13H2,1H3,(H,21,22);1H. The first-order chi connectivity index (χ1) is 11.7. The van der Waals surface area contributed by atoms with Gasteiger partial charge in [0.1, 0.15) is 12.4 Å². The molecule has 1 amide bonds. The van der Waals surface area contributed by atoms with Gasteiger partial charge in [0.15, 0.2) is 0 Å². The molecule has 0 aliphatic heterocycles. The Morgan fingerprint density at radius 1 is 1.16 bits per heavy atom. The number of hydrogen-bond donors (Lipinski definition) is 2. The Hall–Kier alpha value is -1.79. The molecule has 0 fully saturated rings. The summed E-state index contributed by atoms with van der Waals surface area (Å²) in [6, 6.07) is 14.8. The van der Waals surface area contributed by atoms with Gasteiger partial charge in [-0.05, 0) is 29.8 Å². The number of carbonyl (C=O) groups excluding carboxylic acids is 1. The molecule has 0 aromatic heterocycles. The first-order valence-corrected chi connectivity index (χ1v) is 8.02. The van der Waals surface area contributed by atoms with Crippen LogP contribution < -0.4 is 15.4 Å². The molecule has 136 valence electrons. The van der Waals surface area contributed by atoms with E-state index in [0.717, 1.165) is 5.56 Å². The molecule has 0 heterocycles. The van der Waals surface area contributed by atoms with Crippen LogP contribution >= 0.6 is 24.0 Å². The van der Waals surface area contributed by atoms with Crippen LogP contribution in [0.3, 0.4) is 0 Å². The van der Waals surface area contributed by atoms with Gasteiger partial charge in [0.25, 0.3) is 0 Å². The average molecular weight is 385 g/mol. The second-order valence-electron chi connectivity index (χ2n) is 5.16. The highest BCUT2D eigenvalue weighted by Gasteiger charge is 2.03. The number of methoxy groups -OCH3 is 1. The van der Waals surface area contributed by atoms with Crippen LogP contribution in [0.25, 0.3) is 0 Å². The van der Waals surface area contributed by atoms with E-state index in [1.54, 1.807) is 13.2 Å². The van der Waals surface area contributed by atoms with Crippen LogP contribution in [0.2, 0.25) is 5.02 Å². The van der Waals surface area contributed by atoms with Crippen molar-refractivity contribution < 1.29 is 14.3 Å². The van der Waals surface area contributed by atoms with Crippen molar-refractivity contribution in [2.45, 2.75) is 6.61 Å². The molecule has 25 heavy (non-hydrogen) atoms. The molecule has 2 aromatic rings. The van der Waals surface area contributed by atoms with Gasteiger partial charge in [0.2, 0.25) is 5.91 Å². The van der Waals surface area contributed by atoms with Crippen LogP contribution in [0.15, 0.2) is 48.5 Å². The number of nitrogens with one attached hydrogen (secondary N) is 2. The van der Waals surface area contributed by atoms with E-state index in [2.05, 4.69) is 10.6 Å². The summed E-state index contributed by atoms with van der Waals surface area (Å²) in [6.45, 7) is 1.88. The Bertz CT molecular complexity index is 651. The zero-order valence-corrected chi connectivity index (χ0v) is 15.5. The van der Waals surface area contributed by atoms with Crippen molar-refractivity contribution in [3.63, 3.8) is 0 Å². The van der Waals surface area contributed by atoms with E-state index in [1.165, 1.54) is 0 Å². The molecule has 5 nitrogen and oxygen atoms in total. The molecule has 2 N–H and O–H groups in total. The normalized spacial score (nSPS) is 10.0. The molecule has 2 aromatic carbocycles. The summed E-state index contributed by atoms with van der Waals surface area (Å²) >= 11 is 5.86. The Labute approximate surface area is 159 Å². The number of benzene rings is 2. The van der Waals surface area contributed by atoms with E-state index >= 15 is 0 Å². The maximum Gasteiger partial charge on any atom is 0.238 e. The minimum Gasteiger partial charge on any atom is -0.489 e. The minimum atomic E-state index is -0.110. The number of rotatable bonds is 9. The van der Waals surface area contributed by atoms with E-state index in [0.29, 0.717) is 36.2 Å². The lowest BCUT2D eigenvalue weighted by atomic mass is 10.2. The van der Waals surface area contributed by atoms with Crippen LogP contribution in [0.1, 0.15) is 5.56 Å². The Morgan fingerprint density at radius 2 is 1.92 bits per heavy atom. The lowest BCUT2D eigenvalue weighted by molar-refractivity contribution is -0.115. The molecule has 0 bridgehead atoms. The third-order valence-corrected chi connectivity index (χ3v) is 3.46. The maximum atomic E-state index is 11.8. The summed E-state index contributed by atoms with van der Waals surface area (Å²) in [7, 11) is 1.62. The summed E-state index contributed by atoms with van der Waals surface area (Å²) in [4.78, 5) is 11.8. The highest BCUT2D eigenvalue weighted by molar-refractivity contribution is 6.30. The van der Waals surface area contributed by atoms with Gasteiger partial charge in [-0.1, -0.05) is 29.8 Å². The van der Waals surface area contributed by atoms with Crippen LogP contribution in [-0.2, 0) is 16.1 Å². The fourth-order valence-electron chi connectivity index (χ4n) is 1.99. The number of halogens is 2. The van der Waals surface area contributed by atoms with E-state index in [-0.39, 0.29) is 24.9 Å². The molecule has 0 aliphatic rings. The van der Waals surface area contributed by atoms with Crippen molar-refractivity contribution in [1.82, 2.24) is 5.32 Å². The van der Waals surface area contributed by atoms with E-state index < -0.39 is 0 Å². The second kappa shape index (κ2) is 11.7. The largest absolute Gasteiger partial charge is 0.489 e.